The number of imidazole rings is 1. The summed E-state index contributed by atoms with van der Waals surface area (Å²) in [5, 5.41) is 11.7. The standard InChI is InChI=1S/C26H45N5O6Si2/c1-14(2)11-27-26-29-23-20(24(33)30-26)28-13-31(23)25-21(32)22-19(35-25)12-34-38(15(3)4,16(5)6)37-39(36-22,17(7)8)18(9)10/h11,13-19,21-22,25,32H,12H2,1-10H3,(H,29,30,33). The van der Waals surface area contributed by atoms with Crippen molar-refractivity contribution in [2.45, 2.75) is 116 Å². The number of nitrogens with zero attached hydrogens (tertiary/aromatic N) is 4. The van der Waals surface area contributed by atoms with Crippen molar-refractivity contribution >= 4 is 40.4 Å². The molecule has 4 atom stereocenters. The van der Waals surface area contributed by atoms with E-state index >= 15 is 0 Å². The molecule has 2 aromatic rings. The molecule has 0 aliphatic carbocycles. The molecule has 4 rings (SSSR count). The summed E-state index contributed by atoms with van der Waals surface area (Å²) < 4.78 is 29.1. The molecule has 2 aromatic heterocycles. The zero-order valence-electron chi connectivity index (χ0n) is 24.8. The SMILES string of the molecule is CC(C)C=Nc1nc2c(ncn2C2OC3CO[Si](C(C)C)(C(C)C)O[Si](C(C)C)(C(C)C)OC3C2O)c(=O)[nH]1. The first-order valence-electron chi connectivity index (χ1n) is 14.1. The number of aliphatic hydroxyl groups excluding tert-OH is 1. The normalized spacial score (nSPS) is 27.4. The Morgan fingerprint density at radius 2 is 1.67 bits per heavy atom. The molecular formula is C26H45N5O6Si2. The Kier molecular flexibility index (Phi) is 8.73. The first kappa shape index (κ1) is 30.2. The Labute approximate surface area is 232 Å². The van der Waals surface area contributed by atoms with Gasteiger partial charge in [0.2, 0.25) is 5.95 Å². The highest BCUT2D eigenvalue weighted by Gasteiger charge is 2.61. The van der Waals surface area contributed by atoms with E-state index in [-0.39, 0.29) is 51.8 Å². The van der Waals surface area contributed by atoms with Gasteiger partial charge in [-0.05, 0) is 28.1 Å². The fourth-order valence-electron chi connectivity index (χ4n) is 5.75. The molecule has 0 spiro atoms. The van der Waals surface area contributed by atoms with Crippen molar-refractivity contribution in [1.29, 1.82) is 0 Å². The van der Waals surface area contributed by atoms with E-state index in [1.165, 1.54) is 6.33 Å². The van der Waals surface area contributed by atoms with E-state index in [0.29, 0.717) is 0 Å². The highest BCUT2D eigenvalue weighted by molar-refractivity contribution is 6.84. The summed E-state index contributed by atoms with van der Waals surface area (Å²) in [6.45, 7) is 21.4. The third-order valence-corrected chi connectivity index (χ3v) is 18.1. The molecule has 13 heteroatoms. The van der Waals surface area contributed by atoms with Crippen LogP contribution in [0.5, 0.6) is 0 Å². The topological polar surface area (TPSA) is 133 Å². The fraction of sp³-hybridized carbons (Fsp3) is 0.769. The van der Waals surface area contributed by atoms with E-state index in [4.69, 9.17) is 17.7 Å². The number of hydrogen-bond donors (Lipinski definition) is 2. The Morgan fingerprint density at radius 3 is 2.23 bits per heavy atom. The molecule has 2 saturated heterocycles. The van der Waals surface area contributed by atoms with Crippen LogP contribution >= 0.6 is 0 Å². The maximum absolute atomic E-state index is 12.7. The molecule has 39 heavy (non-hydrogen) atoms. The minimum atomic E-state index is -2.93. The third-order valence-electron chi connectivity index (χ3n) is 7.83. The fourth-order valence-corrected chi connectivity index (χ4v) is 17.0. The van der Waals surface area contributed by atoms with Crippen molar-refractivity contribution in [1.82, 2.24) is 19.5 Å². The first-order chi connectivity index (χ1) is 18.2. The molecule has 0 saturated carbocycles. The van der Waals surface area contributed by atoms with Gasteiger partial charge in [0.1, 0.15) is 18.3 Å². The zero-order valence-corrected chi connectivity index (χ0v) is 26.8. The van der Waals surface area contributed by atoms with Crippen LogP contribution in [0.3, 0.4) is 0 Å². The summed E-state index contributed by atoms with van der Waals surface area (Å²) >= 11 is 0. The molecule has 11 nitrogen and oxygen atoms in total. The zero-order chi connectivity index (χ0) is 28.9. The van der Waals surface area contributed by atoms with Crippen LogP contribution in [0, 0.1) is 5.92 Å². The summed E-state index contributed by atoms with van der Waals surface area (Å²) in [6.07, 6.45) is 0.0590. The summed E-state index contributed by atoms with van der Waals surface area (Å²) in [5.41, 5.74) is 0.659. The second-order valence-electron chi connectivity index (χ2n) is 12.3. The summed E-state index contributed by atoms with van der Waals surface area (Å²) in [7, 11) is -5.68. The molecule has 0 bridgehead atoms. The lowest BCUT2D eigenvalue weighted by Crippen LogP contribution is -2.65. The van der Waals surface area contributed by atoms with Crippen molar-refractivity contribution in [3.63, 3.8) is 0 Å². The maximum atomic E-state index is 12.7. The molecule has 2 aliphatic rings. The Hall–Kier alpha value is -1.75. The molecule has 2 aliphatic heterocycles. The number of aliphatic imine (C=N–C) groups is 1. The lowest BCUT2D eigenvalue weighted by Gasteiger charge is -2.51. The second kappa shape index (κ2) is 11.3. The van der Waals surface area contributed by atoms with Crippen molar-refractivity contribution in [2.24, 2.45) is 10.9 Å². The van der Waals surface area contributed by atoms with Crippen molar-refractivity contribution < 1.29 is 22.8 Å². The number of H-pyrrole nitrogens is 1. The highest BCUT2D eigenvalue weighted by Crippen LogP contribution is 2.48. The third kappa shape index (κ3) is 5.34. The van der Waals surface area contributed by atoms with Crippen LogP contribution in [0.15, 0.2) is 16.1 Å². The predicted octanol–water partition coefficient (Wildman–Crippen LogP) is 4.69. The minimum Gasteiger partial charge on any atom is -0.414 e. The summed E-state index contributed by atoms with van der Waals surface area (Å²) in [5.74, 6) is 0.357. The van der Waals surface area contributed by atoms with E-state index in [2.05, 4.69) is 75.3 Å². The van der Waals surface area contributed by atoms with Gasteiger partial charge < -0.3 is 22.8 Å². The molecule has 218 valence electrons. The van der Waals surface area contributed by atoms with Crippen molar-refractivity contribution in [2.75, 3.05) is 6.61 Å². The Morgan fingerprint density at radius 1 is 1.05 bits per heavy atom. The molecule has 2 fully saturated rings. The highest BCUT2D eigenvalue weighted by atomic mass is 28.5. The molecule has 2 N–H and O–H groups in total. The smallest absolute Gasteiger partial charge is 0.335 e. The minimum absolute atomic E-state index is 0.117. The largest absolute Gasteiger partial charge is 0.414 e. The van der Waals surface area contributed by atoms with Gasteiger partial charge >= 0.3 is 17.1 Å². The van der Waals surface area contributed by atoms with Gasteiger partial charge in [0.05, 0.1) is 12.9 Å². The van der Waals surface area contributed by atoms with Crippen LogP contribution in [0.4, 0.5) is 5.95 Å². The summed E-state index contributed by atoms with van der Waals surface area (Å²) in [4.78, 5) is 28.5. The lowest BCUT2D eigenvalue weighted by atomic mass is 10.1. The van der Waals surface area contributed by atoms with E-state index in [9.17, 15) is 9.90 Å². The Balaban J connectivity index is 1.78. The number of hydrogen-bond acceptors (Lipinski definition) is 9. The molecular weight excluding hydrogens is 534 g/mol. The lowest BCUT2D eigenvalue weighted by molar-refractivity contribution is -0.0570. The maximum Gasteiger partial charge on any atom is 0.335 e. The number of ether oxygens (including phenoxy) is 1. The van der Waals surface area contributed by atoms with E-state index in [1.54, 1.807) is 10.8 Å². The number of rotatable bonds is 7. The van der Waals surface area contributed by atoms with Gasteiger partial charge in [0.25, 0.3) is 5.56 Å². The molecule has 0 aromatic carbocycles. The molecule has 0 amide bonds. The predicted molar refractivity (Wildman–Crippen MR) is 155 cm³/mol. The van der Waals surface area contributed by atoms with Crippen LogP contribution in [-0.4, -0.2) is 72.9 Å². The van der Waals surface area contributed by atoms with Crippen LogP contribution < -0.4 is 5.56 Å². The van der Waals surface area contributed by atoms with Gasteiger partial charge in [0.15, 0.2) is 17.4 Å². The number of aromatic amines is 1. The quantitative estimate of drug-likeness (QED) is 0.356. The average molecular weight is 580 g/mol. The monoisotopic (exact) mass is 579 g/mol. The van der Waals surface area contributed by atoms with E-state index in [1.807, 2.05) is 13.8 Å². The van der Waals surface area contributed by atoms with Crippen molar-refractivity contribution in [3.8, 4) is 0 Å². The molecule has 4 heterocycles. The van der Waals surface area contributed by atoms with Crippen LogP contribution in [0.25, 0.3) is 11.2 Å². The van der Waals surface area contributed by atoms with Gasteiger partial charge in [-0.2, -0.15) is 4.98 Å². The number of nitrogens with one attached hydrogen (secondary N) is 1. The van der Waals surface area contributed by atoms with Gasteiger partial charge in [-0.15, -0.1) is 0 Å². The van der Waals surface area contributed by atoms with E-state index in [0.717, 1.165) is 0 Å². The van der Waals surface area contributed by atoms with Gasteiger partial charge in [-0.25, -0.2) is 9.98 Å². The van der Waals surface area contributed by atoms with Crippen molar-refractivity contribution in [3.05, 3.63) is 16.7 Å². The summed E-state index contributed by atoms with van der Waals surface area (Å²) in [6, 6.07) is 0. The number of fused-ring (bicyclic) bond motifs is 2. The molecule has 4 unspecified atom stereocenters. The molecule has 0 radical (unpaired) electrons. The van der Waals surface area contributed by atoms with Crippen LogP contribution in [0.1, 0.15) is 75.5 Å². The number of aliphatic hydroxyl groups is 1. The second-order valence-corrected chi connectivity index (χ2v) is 21.2. The van der Waals surface area contributed by atoms with Crippen LogP contribution in [0.2, 0.25) is 22.2 Å². The van der Waals surface area contributed by atoms with Crippen LogP contribution in [-0.2, 0) is 17.7 Å². The average Bonchev–Trinajstić information content (AvgIpc) is 3.38. The first-order valence-corrected chi connectivity index (χ1v) is 18.0. The Bertz CT molecular complexity index is 1230. The van der Waals surface area contributed by atoms with Gasteiger partial charge in [-0.3, -0.25) is 14.3 Å². The number of aromatic nitrogens is 4. The van der Waals surface area contributed by atoms with E-state index < -0.39 is 47.2 Å². The van der Waals surface area contributed by atoms with Gasteiger partial charge in [-0.1, -0.05) is 69.2 Å². The van der Waals surface area contributed by atoms with Gasteiger partial charge in [0, 0.05) is 6.21 Å².